The predicted octanol–water partition coefficient (Wildman–Crippen LogP) is 4.91. The number of nitrogens with one attached hydrogen (secondary N) is 2. The van der Waals surface area contributed by atoms with Crippen LogP contribution < -0.4 is 15.2 Å². The molecule has 1 aliphatic heterocycles. The molecule has 0 aromatic heterocycles. The summed E-state index contributed by atoms with van der Waals surface area (Å²) in [7, 11) is -3.96. The Morgan fingerprint density at radius 2 is 1.87 bits per heavy atom. The van der Waals surface area contributed by atoms with Gasteiger partial charge < -0.3 is 5.32 Å². The second-order valence-electron chi connectivity index (χ2n) is 6.91. The molecule has 3 aromatic rings. The van der Waals surface area contributed by atoms with E-state index in [1.54, 1.807) is 25.1 Å². The van der Waals surface area contributed by atoms with Crippen LogP contribution in [0.15, 0.2) is 59.5 Å². The van der Waals surface area contributed by atoms with E-state index in [0.29, 0.717) is 16.3 Å². The molecule has 0 spiro atoms. The lowest BCUT2D eigenvalue weighted by atomic mass is 10.1. The van der Waals surface area contributed by atoms with E-state index in [1.165, 1.54) is 30.3 Å². The Morgan fingerprint density at radius 1 is 1.10 bits per heavy atom. The molecule has 3 aromatic carbocycles. The Labute approximate surface area is 188 Å². The third-order valence-corrected chi connectivity index (χ3v) is 7.22. The van der Waals surface area contributed by atoms with Gasteiger partial charge in [0.05, 0.1) is 21.2 Å². The second-order valence-corrected chi connectivity index (χ2v) is 9.51. The summed E-state index contributed by atoms with van der Waals surface area (Å²) in [6, 6.07) is 13.2. The monoisotopic (exact) mass is 479 g/mol. The highest BCUT2D eigenvalue weighted by molar-refractivity contribution is 7.92. The number of fused-ring (bicyclic) bond motifs is 1. The molecule has 0 saturated carbocycles. The predicted molar refractivity (Wildman–Crippen MR) is 118 cm³/mol. The molecule has 2 N–H and O–H groups in total. The Morgan fingerprint density at radius 3 is 2.58 bits per heavy atom. The van der Waals surface area contributed by atoms with Crippen molar-refractivity contribution in [2.24, 2.45) is 0 Å². The minimum Gasteiger partial charge on any atom is -0.322 e. The summed E-state index contributed by atoms with van der Waals surface area (Å²) < 4.78 is 41.4. The Kier molecular flexibility index (Phi) is 5.65. The van der Waals surface area contributed by atoms with E-state index in [0.717, 1.165) is 16.0 Å². The van der Waals surface area contributed by atoms with Crippen LogP contribution in [0.3, 0.4) is 0 Å². The van der Waals surface area contributed by atoms with Gasteiger partial charge in [-0.25, -0.2) is 9.82 Å². The fourth-order valence-corrected chi connectivity index (χ4v) is 5.06. The van der Waals surface area contributed by atoms with Crippen molar-refractivity contribution in [3.8, 4) is 0 Å². The lowest BCUT2D eigenvalue weighted by Gasteiger charge is -2.20. The molecule has 1 aliphatic rings. The van der Waals surface area contributed by atoms with Gasteiger partial charge in [0.25, 0.3) is 15.9 Å². The van der Waals surface area contributed by atoms with Crippen molar-refractivity contribution in [3.05, 3.63) is 87.2 Å². The lowest BCUT2D eigenvalue weighted by Crippen LogP contribution is -2.38. The van der Waals surface area contributed by atoms with E-state index < -0.39 is 21.7 Å². The number of benzene rings is 3. The van der Waals surface area contributed by atoms with E-state index >= 15 is 0 Å². The number of carbonyl (C=O) groups is 1. The number of carbonyl (C=O) groups excluding carboxylic acids is 1. The average Bonchev–Trinajstić information content (AvgIpc) is 3.14. The van der Waals surface area contributed by atoms with Gasteiger partial charge in [0.2, 0.25) is 0 Å². The Hall–Kier alpha value is -2.65. The molecule has 4 rings (SSSR count). The first-order valence-corrected chi connectivity index (χ1v) is 11.3. The van der Waals surface area contributed by atoms with Crippen LogP contribution in [0.5, 0.6) is 0 Å². The summed E-state index contributed by atoms with van der Waals surface area (Å²) in [5.74, 6) is -1.50. The largest absolute Gasteiger partial charge is 0.322 e. The molecule has 0 unspecified atom stereocenters. The molecule has 1 heterocycles. The third-order valence-electron chi connectivity index (χ3n) is 4.85. The minimum absolute atomic E-state index is 0.0241. The lowest BCUT2D eigenvalue weighted by molar-refractivity contribution is 0.102. The molecule has 0 atom stereocenters. The zero-order valence-electron chi connectivity index (χ0n) is 16.1. The van der Waals surface area contributed by atoms with Crippen molar-refractivity contribution in [3.63, 3.8) is 0 Å². The van der Waals surface area contributed by atoms with Gasteiger partial charge in [0, 0.05) is 17.3 Å². The normalized spacial score (nSPS) is 13.2. The second kappa shape index (κ2) is 8.12. The number of aryl methyl sites for hydroxylation is 1. The fourth-order valence-electron chi connectivity index (χ4n) is 3.18. The Bertz CT molecular complexity index is 1290. The molecule has 31 heavy (non-hydrogen) atoms. The van der Waals surface area contributed by atoms with Gasteiger partial charge in [-0.3, -0.25) is 4.79 Å². The molecular formula is C21H16Cl2FN3O3S. The SMILES string of the molecule is Cc1ccc(S(=O)(=O)N2NCc3ccc(NC(=O)c4c(F)cccc4Cl)cc32)cc1Cl. The molecule has 0 radical (unpaired) electrons. The van der Waals surface area contributed by atoms with Crippen LogP contribution in [0.2, 0.25) is 10.0 Å². The van der Waals surface area contributed by atoms with Crippen LogP contribution in [0.1, 0.15) is 21.5 Å². The smallest absolute Gasteiger partial charge is 0.277 e. The number of amides is 1. The third kappa shape index (κ3) is 3.99. The van der Waals surface area contributed by atoms with Crippen LogP contribution in [0.25, 0.3) is 0 Å². The average molecular weight is 480 g/mol. The molecule has 1 amide bonds. The van der Waals surface area contributed by atoms with Gasteiger partial charge in [-0.05, 0) is 54.4 Å². The maximum atomic E-state index is 14.0. The number of rotatable bonds is 4. The first kappa shape index (κ1) is 21.6. The van der Waals surface area contributed by atoms with E-state index in [2.05, 4.69) is 10.7 Å². The van der Waals surface area contributed by atoms with Crippen molar-refractivity contribution in [1.29, 1.82) is 0 Å². The molecule has 6 nitrogen and oxygen atoms in total. The van der Waals surface area contributed by atoms with E-state index in [4.69, 9.17) is 23.2 Å². The van der Waals surface area contributed by atoms with Gasteiger partial charge in [-0.1, -0.05) is 41.4 Å². The molecule has 160 valence electrons. The van der Waals surface area contributed by atoms with Crippen LogP contribution in [0.4, 0.5) is 15.8 Å². The number of hydrogen-bond acceptors (Lipinski definition) is 4. The minimum atomic E-state index is -3.96. The highest BCUT2D eigenvalue weighted by Gasteiger charge is 2.31. The van der Waals surface area contributed by atoms with Crippen LogP contribution in [-0.4, -0.2) is 14.3 Å². The molecule has 0 bridgehead atoms. The van der Waals surface area contributed by atoms with E-state index in [-0.39, 0.29) is 27.7 Å². The number of hydrogen-bond donors (Lipinski definition) is 2. The zero-order valence-corrected chi connectivity index (χ0v) is 18.4. The topological polar surface area (TPSA) is 78.5 Å². The Balaban J connectivity index is 1.66. The van der Waals surface area contributed by atoms with Gasteiger partial charge >= 0.3 is 0 Å². The quantitative estimate of drug-likeness (QED) is 0.557. The molecular weight excluding hydrogens is 464 g/mol. The number of hydrazine groups is 1. The van der Waals surface area contributed by atoms with Crippen LogP contribution >= 0.6 is 23.2 Å². The van der Waals surface area contributed by atoms with Crippen molar-refractivity contribution in [1.82, 2.24) is 5.43 Å². The van der Waals surface area contributed by atoms with Crippen molar-refractivity contribution in [2.45, 2.75) is 18.4 Å². The van der Waals surface area contributed by atoms with Gasteiger partial charge in [0.15, 0.2) is 0 Å². The number of sulfonamides is 1. The maximum absolute atomic E-state index is 14.0. The summed E-state index contributed by atoms with van der Waals surface area (Å²) >= 11 is 12.1. The molecule has 0 fully saturated rings. The van der Waals surface area contributed by atoms with Crippen molar-refractivity contribution >= 4 is 50.5 Å². The van der Waals surface area contributed by atoms with Crippen LogP contribution in [-0.2, 0) is 16.6 Å². The summed E-state index contributed by atoms with van der Waals surface area (Å²) in [6.45, 7) is 2.06. The van der Waals surface area contributed by atoms with E-state index in [9.17, 15) is 17.6 Å². The van der Waals surface area contributed by atoms with Crippen molar-refractivity contribution < 1.29 is 17.6 Å². The summed E-state index contributed by atoms with van der Waals surface area (Å²) in [6.07, 6.45) is 0. The highest BCUT2D eigenvalue weighted by Crippen LogP contribution is 2.34. The van der Waals surface area contributed by atoms with Gasteiger partial charge in [-0.2, -0.15) is 12.8 Å². The number of anilines is 2. The molecule has 10 heteroatoms. The van der Waals surface area contributed by atoms with E-state index in [1.807, 2.05) is 0 Å². The van der Waals surface area contributed by atoms with Crippen molar-refractivity contribution in [2.75, 3.05) is 9.73 Å². The fraction of sp³-hybridized carbons (Fsp3) is 0.0952. The standard InChI is InChI=1S/C21H16Cl2FN3O3S/c1-12-5-8-15(10-17(12)23)31(29,30)27-19-9-14(7-6-13(19)11-25-27)26-21(28)20-16(22)3-2-4-18(20)24/h2-10,25H,11H2,1H3,(H,26,28). The van der Waals surface area contributed by atoms with Crippen LogP contribution in [0, 0.1) is 12.7 Å². The molecule has 0 saturated heterocycles. The number of nitrogens with zero attached hydrogens (tertiary/aromatic N) is 1. The highest BCUT2D eigenvalue weighted by atomic mass is 35.5. The first-order valence-electron chi connectivity index (χ1n) is 9.12. The summed E-state index contributed by atoms with van der Waals surface area (Å²) in [4.78, 5) is 12.6. The molecule has 0 aliphatic carbocycles. The summed E-state index contributed by atoms with van der Waals surface area (Å²) in [5.41, 5.74) is 4.64. The summed E-state index contributed by atoms with van der Waals surface area (Å²) in [5, 5.41) is 2.87. The first-order chi connectivity index (χ1) is 14.7. The van der Waals surface area contributed by atoms with Gasteiger partial charge in [-0.15, -0.1) is 0 Å². The zero-order chi connectivity index (χ0) is 22.3. The maximum Gasteiger partial charge on any atom is 0.277 e. The number of halogens is 3. The van der Waals surface area contributed by atoms with Gasteiger partial charge in [0.1, 0.15) is 5.82 Å².